The maximum Gasteiger partial charge on any atom is 0.193 e. The van der Waals surface area contributed by atoms with Crippen LogP contribution in [0.15, 0.2) is 35.3 Å². The number of hydrogen-bond acceptors (Lipinski definition) is 2. The van der Waals surface area contributed by atoms with E-state index in [2.05, 4.69) is 54.5 Å². The van der Waals surface area contributed by atoms with Crippen molar-refractivity contribution in [3.63, 3.8) is 0 Å². The van der Waals surface area contributed by atoms with Crippen LogP contribution in [-0.4, -0.2) is 50.8 Å². The molecule has 0 radical (unpaired) electrons. The molecule has 2 fully saturated rings. The molecule has 1 aliphatic carbocycles. The van der Waals surface area contributed by atoms with Gasteiger partial charge >= 0.3 is 0 Å². The van der Waals surface area contributed by atoms with Crippen molar-refractivity contribution in [3.05, 3.63) is 35.9 Å². The molecule has 1 heterocycles. The second-order valence-electron chi connectivity index (χ2n) is 8.10. The highest BCUT2D eigenvalue weighted by Crippen LogP contribution is 2.48. The molecule has 4 nitrogen and oxygen atoms in total. The molecule has 3 rings (SSSR count). The third-order valence-corrected chi connectivity index (χ3v) is 5.85. The lowest BCUT2D eigenvalue weighted by Crippen LogP contribution is -2.40. The van der Waals surface area contributed by atoms with Crippen molar-refractivity contribution >= 4 is 5.96 Å². The minimum absolute atomic E-state index is 0.392. The molecule has 144 valence electrons. The molecule has 1 saturated heterocycles. The fourth-order valence-electron chi connectivity index (χ4n) is 3.83. The molecule has 0 amide bonds. The van der Waals surface area contributed by atoms with E-state index in [9.17, 15) is 0 Å². The quantitative estimate of drug-likeness (QED) is 0.569. The fourth-order valence-corrected chi connectivity index (χ4v) is 3.83. The minimum Gasteiger partial charge on any atom is -0.381 e. The van der Waals surface area contributed by atoms with Gasteiger partial charge in [0.15, 0.2) is 5.96 Å². The summed E-state index contributed by atoms with van der Waals surface area (Å²) in [6.45, 7) is 6.95. The highest BCUT2D eigenvalue weighted by Gasteiger charge is 2.42. The standard InChI is InChI=1S/C22H35N3O/c1-3-23-21(25(2)14-9-19-10-15-26-16-11-19)24-18-22(12-13-22)17-20-7-5-4-6-8-20/h4-8,19H,3,9-18H2,1-2H3,(H,23,24). The Morgan fingerprint density at radius 3 is 2.62 bits per heavy atom. The van der Waals surface area contributed by atoms with Crippen LogP contribution in [0.3, 0.4) is 0 Å². The van der Waals surface area contributed by atoms with Crippen LogP contribution in [0.2, 0.25) is 0 Å². The van der Waals surface area contributed by atoms with E-state index in [1.165, 1.54) is 37.7 Å². The Morgan fingerprint density at radius 2 is 1.96 bits per heavy atom. The van der Waals surface area contributed by atoms with Crippen molar-refractivity contribution in [1.82, 2.24) is 10.2 Å². The summed E-state index contributed by atoms with van der Waals surface area (Å²) in [5.41, 5.74) is 1.84. The number of aliphatic imine (C=N–C) groups is 1. The molecular weight excluding hydrogens is 322 g/mol. The second kappa shape index (κ2) is 9.40. The SMILES string of the molecule is CCNC(=NCC1(Cc2ccccc2)CC1)N(C)CCC1CCOCC1. The first-order chi connectivity index (χ1) is 12.7. The molecule has 0 atom stereocenters. The van der Waals surface area contributed by atoms with Crippen molar-refractivity contribution < 1.29 is 4.74 Å². The Bertz CT molecular complexity index is 562. The molecule has 1 aromatic rings. The average molecular weight is 358 g/mol. The van der Waals surface area contributed by atoms with E-state index in [1.54, 1.807) is 0 Å². The van der Waals surface area contributed by atoms with Crippen LogP contribution in [0.5, 0.6) is 0 Å². The van der Waals surface area contributed by atoms with E-state index in [4.69, 9.17) is 9.73 Å². The largest absolute Gasteiger partial charge is 0.381 e. The zero-order valence-electron chi connectivity index (χ0n) is 16.5. The molecule has 1 aliphatic heterocycles. The molecule has 26 heavy (non-hydrogen) atoms. The number of ether oxygens (including phenoxy) is 1. The van der Waals surface area contributed by atoms with Gasteiger partial charge in [-0.25, -0.2) is 0 Å². The number of hydrogen-bond donors (Lipinski definition) is 1. The van der Waals surface area contributed by atoms with Gasteiger partial charge in [-0.2, -0.15) is 0 Å². The van der Waals surface area contributed by atoms with Crippen molar-refractivity contribution in [2.75, 3.05) is 39.9 Å². The van der Waals surface area contributed by atoms with Crippen LogP contribution in [0, 0.1) is 11.3 Å². The van der Waals surface area contributed by atoms with Crippen molar-refractivity contribution in [2.45, 2.75) is 45.4 Å². The summed E-state index contributed by atoms with van der Waals surface area (Å²) >= 11 is 0. The number of nitrogens with zero attached hydrogens (tertiary/aromatic N) is 2. The van der Waals surface area contributed by atoms with Crippen LogP contribution in [0.4, 0.5) is 0 Å². The number of guanidine groups is 1. The number of benzene rings is 1. The topological polar surface area (TPSA) is 36.9 Å². The molecule has 1 N–H and O–H groups in total. The summed E-state index contributed by atoms with van der Waals surface area (Å²) in [6.07, 6.45) is 7.42. The molecular formula is C22H35N3O. The van der Waals surface area contributed by atoms with Crippen LogP contribution in [0.1, 0.15) is 44.6 Å². The fraction of sp³-hybridized carbons (Fsp3) is 0.682. The minimum atomic E-state index is 0.392. The zero-order valence-corrected chi connectivity index (χ0v) is 16.5. The van der Waals surface area contributed by atoms with Crippen LogP contribution >= 0.6 is 0 Å². The van der Waals surface area contributed by atoms with Crippen LogP contribution in [-0.2, 0) is 11.2 Å². The van der Waals surface area contributed by atoms with Gasteiger partial charge in [0.1, 0.15) is 0 Å². The van der Waals surface area contributed by atoms with E-state index in [0.29, 0.717) is 5.41 Å². The first kappa shape index (κ1) is 19.2. The van der Waals surface area contributed by atoms with Gasteiger partial charge in [0, 0.05) is 39.9 Å². The maximum atomic E-state index is 5.47. The van der Waals surface area contributed by atoms with E-state index in [1.807, 2.05) is 0 Å². The normalized spacial score (nSPS) is 20.0. The Morgan fingerprint density at radius 1 is 1.23 bits per heavy atom. The molecule has 0 unspecified atom stereocenters. The summed E-state index contributed by atoms with van der Waals surface area (Å²) in [7, 11) is 2.18. The van der Waals surface area contributed by atoms with Crippen molar-refractivity contribution in [2.24, 2.45) is 16.3 Å². The predicted molar refractivity (Wildman–Crippen MR) is 109 cm³/mol. The highest BCUT2D eigenvalue weighted by molar-refractivity contribution is 5.79. The van der Waals surface area contributed by atoms with Gasteiger partial charge in [0.25, 0.3) is 0 Å². The third-order valence-electron chi connectivity index (χ3n) is 5.85. The van der Waals surface area contributed by atoms with E-state index >= 15 is 0 Å². The van der Waals surface area contributed by atoms with Gasteiger partial charge in [0.05, 0.1) is 0 Å². The maximum absolute atomic E-state index is 5.47. The first-order valence-electron chi connectivity index (χ1n) is 10.3. The van der Waals surface area contributed by atoms with Gasteiger partial charge in [-0.05, 0) is 62.3 Å². The summed E-state index contributed by atoms with van der Waals surface area (Å²) in [4.78, 5) is 7.33. The Kier molecular flexibility index (Phi) is 6.95. The molecule has 0 aromatic heterocycles. The molecule has 0 bridgehead atoms. The summed E-state index contributed by atoms with van der Waals surface area (Å²) < 4.78 is 5.47. The Balaban J connectivity index is 1.52. The second-order valence-corrected chi connectivity index (χ2v) is 8.10. The zero-order chi connectivity index (χ0) is 18.2. The van der Waals surface area contributed by atoms with Gasteiger partial charge in [0.2, 0.25) is 0 Å². The monoisotopic (exact) mass is 357 g/mol. The molecule has 1 aromatic carbocycles. The van der Waals surface area contributed by atoms with E-state index in [-0.39, 0.29) is 0 Å². The molecule has 1 saturated carbocycles. The van der Waals surface area contributed by atoms with Gasteiger partial charge in [-0.15, -0.1) is 0 Å². The summed E-state index contributed by atoms with van der Waals surface area (Å²) in [5.74, 6) is 1.88. The van der Waals surface area contributed by atoms with Gasteiger partial charge in [-0.1, -0.05) is 30.3 Å². The van der Waals surface area contributed by atoms with Crippen molar-refractivity contribution in [3.8, 4) is 0 Å². The van der Waals surface area contributed by atoms with E-state index < -0.39 is 0 Å². The Hall–Kier alpha value is -1.55. The van der Waals surface area contributed by atoms with Gasteiger partial charge < -0.3 is 15.0 Å². The average Bonchev–Trinajstić information content (AvgIpc) is 3.44. The molecule has 4 heteroatoms. The Labute approximate surface area is 159 Å². The van der Waals surface area contributed by atoms with Gasteiger partial charge in [-0.3, -0.25) is 4.99 Å². The smallest absolute Gasteiger partial charge is 0.193 e. The summed E-state index contributed by atoms with van der Waals surface area (Å²) in [5, 5.41) is 3.49. The predicted octanol–water partition coefficient (Wildman–Crippen LogP) is 3.72. The summed E-state index contributed by atoms with van der Waals surface area (Å²) in [6, 6.07) is 10.9. The van der Waals surface area contributed by atoms with Crippen LogP contribution in [0.25, 0.3) is 0 Å². The van der Waals surface area contributed by atoms with Crippen molar-refractivity contribution in [1.29, 1.82) is 0 Å². The number of rotatable bonds is 8. The number of nitrogens with one attached hydrogen (secondary N) is 1. The lowest BCUT2D eigenvalue weighted by molar-refractivity contribution is 0.0625. The molecule has 0 spiro atoms. The first-order valence-corrected chi connectivity index (χ1v) is 10.3. The van der Waals surface area contributed by atoms with Crippen LogP contribution < -0.4 is 5.32 Å². The third kappa shape index (κ3) is 5.73. The lowest BCUT2D eigenvalue weighted by atomic mass is 9.96. The van der Waals surface area contributed by atoms with E-state index in [0.717, 1.165) is 51.1 Å². The highest BCUT2D eigenvalue weighted by atomic mass is 16.5. The lowest BCUT2D eigenvalue weighted by Gasteiger charge is -2.27. The molecule has 2 aliphatic rings.